The van der Waals surface area contributed by atoms with Crippen molar-refractivity contribution in [2.24, 2.45) is 0 Å². The van der Waals surface area contributed by atoms with E-state index in [-0.39, 0.29) is 18.1 Å². The minimum atomic E-state index is -1.10. The van der Waals surface area contributed by atoms with Gasteiger partial charge in [-0.05, 0) is 47.7 Å². The highest BCUT2D eigenvalue weighted by Gasteiger charge is 2.21. The molecule has 0 bridgehead atoms. The highest BCUT2D eigenvalue weighted by atomic mass is 16.4. The zero-order valence-corrected chi connectivity index (χ0v) is 21.0. The van der Waals surface area contributed by atoms with Gasteiger partial charge in [-0.2, -0.15) is 4.98 Å². The molecule has 8 heteroatoms. The zero-order valence-electron chi connectivity index (χ0n) is 21.0. The van der Waals surface area contributed by atoms with Crippen LogP contribution in [0.5, 0.6) is 0 Å². The Labute approximate surface area is 215 Å². The first-order valence-electron chi connectivity index (χ1n) is 12.4. The second-order valence-electron chi connectivity index (χ2n) is 8.76. The SMILES string of the molecule is CCCN(CCC)c1nc(=O)n(Cc2ccccc2-c2ccccc2)c(=O)n1-c1cccc(C(=O)O)c1. The molecular formula is C29H30N4O4. The molecular weight excluding hydrogens is 468 g/mol. The van der Waals surface area contributed by atoms with E-state index in [4.69, 9.17) is 0 Å². The summed E-state index contributed by atoms with van der Waals surface area (Å²) in [6.07, 6.45) is 1.58. The number of hydrogen-bond donors (Lipinski definition) is 1. The van der Waals surface area contributed by atoms with Gasteiger partial charge < -0.3 is 10.0 Å². The van der Waals surface area contributed by atoms with E-state index in [1.807, 2.05) is 73.3 Å². The summed E-state index contributed by atoms with van der Waals surface area (Å²) in [5.41, 5.74) is 1.85. The van der Waals surface area contributed by atoms with Crippen molar-refractivity contribution in [2.75, 3.05) is 18.0 Å². The maximum Gasteiger partial charge on any atom is 0.355 e. The van der Waals surface area contributed by atoms with E-state index in [2.05, 4.69) is 4.98 Å². The van der Waals surface area contributed by atoms with Gasteiger partial charge in [-0.15, -0.1) is 0 Å². The highest BCUT2D eigenvalue weighted by molar-refractivity contribution is 5.88. The van der Waals surface area contributed by atoms with Crippen LogP contribution in [0.2, 0.25) is 0 Å². The topological polar surface area (TPSA) is 97.4 Å². The summed E-state index contributed by atoms with van der Waals surface area (Å²) in [4.78, 5) is 45.2. The predicted octanol–water partition coefficient (Wildman–Crippen LogP) is 4.43. The van der Waals surface area contributed by atoms with Crippen LogP contribution in [-0.2, 0) is 6.54 Å². The number of rotatable bonds is 10. The van der Waals surface area contributed by atoms with Crippen LogP contribution >= 0.6 is 0 Å². The van der Waals surface area contributed by atoms with Crippen molar-refractivity contribution in [3.63, 3.8) is 0 Å². The van der Waals surface area contributed by atoms with Crippen LogP contribution in [0, 0.1) is 0 Å². The van der Waals surface area contributed by atoms with Gasteiger partial charge in [0, 0.05) is 13.1 Å². The Morgan fingerprint density at radius 1 is 0.892 bits per heavy atom. The Bertz CT molecular complexity index is 1500. The third kappa shape index (κ3) is 5.53. The number of carbonyl (C=O) groups is 1. The summed E-state index contributed by atoms with van der Waals surface area (Å²) in [7, 11) is 0. The van der Waals surface area contributed by atoms with Gasteiger partial charge in [0.15, 0.2) is 0 Å². The normalized spacial score (nSPS) is 10.9. The van der Waals surface area contributed by atoms with E-state index >= 15 is 0 Å². The fraction of sp³-hybridized carbons (Fsp3) is 0.241. The lowest BCUT2D eigenvalue weighted by atomic mass is 10.00. The van der Waals surface area contributed by atoms with E-state index in [1.165, 1.54) is 16.7 Å². The van der Waals surface area contributed by atoms with E-state index in [0.717, 1.165) is 34.1 Å². The Morgan fingerprint density at radius 3 is 2.24 bits per heavy atom. The number of anilines is 1. The number of benzene rings is 3. The molecule has 190 valence electrons. The van der Waals surface area contributed by atoms with Gasteiger partial charge in [0.1, 0.15) is 0 Å². The lowest BCUT2D eigenvalue weighted by molar-refractivity contribution is 0.0697. The Morgan fingerprint density at radius 2 is 1.57 bits per heavy atom. The molecule has 37 heavy (non-hydrogen) atoms. The highest BCUT2D eigenvalue weighted by Crippen LogP contribution is 2.24. The fourth-order valence-electron chi connectivity index (χ4n) is 4.41. The third-order valence-electron chi connectivity index (χ3n) is 6.10. The molecule has 0 atom stereocenters. The number of carboxylic acids is 1. The molecule has 0 aliphatic carbocycles. The molecule has 0 amide bonds. The quantitative estimate of drug-likeness (QED) is 0.347. The first kappa shape index (κ1) is 25.6. The van der Waals surface area contributed by atoms with Crippen molar-refractivity contribution >= 4 is 11.9 Å². The number of nitrogens with zero attached hydrogens (tertiary/aromatic N) is 4. The summed E-state index contributed by atoms with van der Waals surface area (Å²) in [5, 5.41) is 9.54. The van der Waals surface area contributed by atoms with Gasteiger partial charge in [-0.3, -0.25) is 0 Å². The summed E-state index contributed by atoms with van der Waals surface area (Å²) in [6, 6.07) is 23.5. The maximum absolute atomic E-state index is 14.0. The summed E-state index contributed by atoms with van der Waals surface area (Å²) in [5.74, 6) is -0.887. The second kappa shape index (κ2) is 11.5. The van der Waals surface area contributed by atoms with Crippen molar-refractivity contribution in [3.8, 4) is 16.8 Å². The van der Waals surface area contributed by atoms with Crippen molar-refractivity contribution in [2.45, 2.75) is 33.2 Å². The average Bonchev–Trinajstić information content (AvgIpc) is 2.91. The van der Waals surface area contributed by atoms with E-state index in [1.54, 1.807) is 12.1 Å². The van der Waals surface area contributed by atoms with Gasteiger partial charge >= 0.3 is 17.3 Å². The standard InChI is InChI=1S/C29H30N4O4/c1-3-17-31(18-4-2)27-30-28(36)32(29(37)33(27)24-15-10-14-22(19-24)26(34)35)20-23-13-8-9-16-25(23)21-11-6-5-7-12-21/h5-16,19H,3-4,17-18,20H2,1-2H3,(H,34,35). The smallest absolute Gasteiger partial charge is 0.355 e. The molecule has 8 nitrogen and oxygen atoms in total. The van der Waals surface area contributed by atoms with E-state index < -0.39 is 17.3 Å². The van der Waals surface area contributed by atoms with Gasteiger partial charge in [0.2, 0.25) is 5.95 Å². The predicted molar refractivity (Wildman–Crippen MR) is 145 cm³/mol. The first-order chi connectivity index (χ1) is 17.9. The molecule has 0 aliphatic rings. The second-order valence-corrected chi connectivity index (χ2v) is 8.76. The van der Waals surface area contributed by atoms with Crippen molar-refractivity contribution in [1.82, 2.24) is 14.1 Å². The van der Waals surface area contributed by atoms with Crippen LogP contribution in [0.3, 0.4) is 0 Å². The molecule has 3 aromatic carbocycles. The molecule has 1 N–H and O–H groups in total. The van der Waals surface area contributed by atoms with Gasteiger partial charge in [0.25, 0.3) is 0 Å². The number of aromatic nitrogens is 3. The molecule has 0 fully saturated rings. The molecule has 1 aromatic heterocycles. The molecule has 0 spiro atoms. The monoisotopic (exact) mass is 498 g/mol. The Kier molecular flexibility index (Phi) is 7.98. The minimum Gasteiger partial charge on any atom is -0.478 e. The van der Waals surface area contributed by atoms with Crippen LogP contribution in [0.25, 0.3) is 16.8 Å². The molecule has 0 unspecified atom stereocenters. The Balaban J connectivity index is 1.93. The van der Waals surface area contributed by atoms with Crippen LogP contribution < -0.4 is 16.3 Å². The molecule has 4 rings (SSSR count). The van der Waals surface area contributed by atoms with Crippen LogP contribution in [0.4, 0.5) is 5.95 Å². The summed E-state index contributed by atoms with van der Waals surface area (Å²) < 4.78 is 2.46. The van der Waals surface area contributed by atoms with Crippen LogP contribution in [0.1, 0.15) is 42.6 Å². The Hall–Kier alpha value is -4.46. The largest absolute Gasteiger partial charge is 0.478 e. The lowest BCUT2D eigenvalue weighted by Crippen LogP contribution is -2.45. The summed E-state index contributed by atoms with van der Waals surface area (Å²) in [6.45, 7) is 5.24. The van der Waals surface area contributed by atoms with Gasteiger partial charge in [-0.25, -0.2) is 23.5 Å². The lowest BCUT2D eigenvalue weighted by Gasteiger charge is -2.26. The van der Waals surface area contributed by atoms with E-state index in [9.17, 15) is 19.5 Å². The maximum atomic E-state index is 14.0. The molecule has 1 heterocycles. The molecule has 0 radical (unpaired) electrons. The molecule has 4 aromatic rings. The van der Waals surface area contributed by atoms with Crippen molar-refractivity contribution in [1.29, 1.82) is 0 Å². The number of hydrogen-bond acceptors (Lipinski definition) is 5. The van der Waals surface area contributed by atoms with Crippen molar-refractivity contribution in [3.05, 3.63) is 111 Å². The van der Waals surface area contributed by atoms with Crippen LogP contribution in [-0.4, -0.2) is 38.3 Å². The van der Waals surface area contributed by atoms with Gasteiger partial charge in [0.05, 0.1) is 17.8 Å². The summed E-state index contributed by atoms with van der Waals surface area (Å²) >= 11 is 0. The fourth-order valence-corrected chi connectivity index (χ4v) is 4.41. The van der Waals surface area contributed by atoms with E-state index in [0.29, 0.717) is 18.8 Å². The molecule has 0 saturated carbocycles. The molecule has 0 saturated heterocycles. The third-order valence-corrected chi connectivity index (χ3v) is 6.10. The number of aromatic carboxylic acids is 1. The number of carboxylic acid groups (broad SMARTS) is 1. The van der Waals surface area contributed by atoms with Gasteiger partial charge in [-0.1, -0.05) is 74.5 Å². The van der Waals surface area contributed by atoms with Crippen LogP contribution in [0.15, 0.2) is 88.5 Å². The van der Waals surface area contributed by atoms with Crippen molar-refractivity contribution < 1.29 is 9.90 Å². The average molecular weight is 499 g/mol. The zero-order chi connectivity index (χ0) is 26.4. The first-order valence-corrected chi connectivity index (χ1v) is 12.4. The molecule has 0 aliphatic heterocycles. The minimum absolute atomic E-state index is 0.0240.